The molecule has 0 N–H and O–H groups in total. The van der Waals surface area contributed by atoms with Gasteiger partial charge in [-0.1, -0.05) is 97.1 Å². The van der Waals surface area contributed by atoms with Crippen molar-refractivity contribution in [3.8, 4) is 22.3 Å². The minimum atomic E-state index is -1.09. The molecule has 1 heteroatoms. The third-order valence-electron chi connectivity index (χ3n) is 6.77. The molecule has 0 bridgehead atoms. The van der Waals surface area contributed by atoms with E-state index < -0.39 is 10.0 Å². The summed E-state index contributed by atoms with van der Waals surface area (Å²) in [4.78, 5) is 0. The van der Waals surface area contributed by atoms with Crippen molar-refractivity contribution in [1.82, 2.24) is 0 Å². The maximum Gasteiger partial charge on any atom is 0.0407 e. The van der Waals surface area contributed by atoms with Gasteiger partial charge in [-0.2, -0.15) is 0 Å². The molecule has 0 amide bonds. The second-order valence-corrected chi connectivity index (χ2v) is 12.5. The lowest BCUT2D eigenvalue weighted by Crippen LogP contribution is -2.16. The van der Waals surface area contributed by atoms with Gasteiger partial charge in [0.25, 0.3) is 0 Å². The number of benzene rings is 4. The first-order chi connectivity index (χ1) is 14.2. The normalized spacial score (nSPS) is 15.5. The van der Waals surface area contributed by atoms with Crippen molar-refractivity contribution >= 4 is 10.0 Å². The van der Waals surface area contributed by atoms with Crippen molar-refractivity contribution in [3.63, 3.8) is 0 Å². The molecule has 0 atom stereocenters. The second-order valence-electron chi connectivity index (χ2n) is 8.60. The van der Waals surface area contributed by atoms with E-state index in [0.29, 0.717) is 10.5 Å². The molecule has 142 valence electrons. The van der Waals surface area contributed by atoms with Gasteiger partial charge in [0.15, 0.2) is 0 Å². The third kappa shape index (κ3) is 2.28. The number of hydrogen-bond donors (Lipinski definition) is 0. The van der Waals surface area contributed by atoms with Crippen molar-refractivity contribution in [2.45, 2.75) is 10.5 Å². The van der Waals surface area contributed by atoms with Crippen LogP contribution in [0.25, 0.3) is 22.3 Å². The molecular weight excluding hydrogens is 368 g/mol. The molecule has 0 aromatic heterocycles. The summed E-state index contributed by atoms with van der Waals surface area (Å²) in [5.41, 5.74) is 11.7. The Morgan fingerprint density at radius 2 is 0.655 bits per heavy atom. The lowest BCUT2D eigenvalue weighted by molar-refractivity contribution is 1.11. The molecule has 2 aliphatic rings. The Kier molecular flexibility index (Phi) is 3.61. The third-order valence-corrected chi connectivity index (χ3v) is 10.2. The lowest BCUT2D eigenvalue weighted by atomic mass is 10.1. The number of rotatable bonds is 2. The largest absolute Gasteiger partial charge is 0.225 e. The van der Waals surface area contributed by atoms with Crippen LogP contribution in [0.15, 0.2) is 97.1 Å². The van der Waals surface area contributed by atoms with E-state index in [4.69, 9.17) is 0 Å². The fourth-order valence-electron chi connectivity index (χ4n) is 5.66. The molecule has 6 rings (SSSR count). The molecule has 0 saturated heterocycles. The van der Waals surface area contributed by atoms with E-state index in [0.717, 1.165) is 0 Å². The van der Waals surface area contributed by atoms with Gasteiger partial charge in [-0.05, 0) is 57.0 Å². The Morgan fingerprint density at radius 1 is 0.414 bits per heavy atom. The lowest BCUT2D eigenvalue weighted by Gasteiger charge is -2.45. The van der Waals surface area contributed by atoms with E-state index in [1.807, 2.05) is 0 Å². The summed E-state index contributed by atoms with van der Waals surface area (Å²) in [5.74, 6) is 0. The van der Waals surface area contributed by atoms with E-state index in [9.17, 15) is 0 Å². The molecular formula is C28H24S. The molecule has 0 heterocycles. The topological polar surface area (TPSA) is 0 Å². The van der Waals surface area contributed by atoms with Crippen LogP contribution in [0.5, 0.6) is 0 Å². The maximum atomic E-state index is 2.56. The highest BCUT2D eigenvalue weighted by atomic mass is 32.3. The van der Waals surface area contributed by atoms with Crippen LogP contribution < -0.4 is 0 Å². The van der Waals surface area contributed by atoms with Crippen molar-refractivity contribution in [1.29, 1.82) is 0 Å². The summed E-state index contributed by atoms with van der Waals surface area (Å²) in [6.45, 7) is 0. The van der Waals surface area contributed by atoms with Gasteiger partial charge < -0.3 is 0 Å². The Morgan fingerprint density at radius 3 is 0.931 bits per heavy atom. The van der Waals surface area contributed by atoms with Gasteiger partial charge in [-0.3, -0.25) is 0 Å². The average molecular weight is 393 g/mol. The van der Waals surface area contributed by atoms with Gasteiger partial charge in [-0.15, -0.1) is 0 Å². The summed E-state index contributed by atoms with van der Waals surface area (Å²) in [5, 5.41) is 0.915. The summed E-state index contributed by atoms with van der Waals surface area (Å²) >= 11 is 0. The smallest absolute Gasteiger partial charge is 0.0407 e. The van der Waals surface area contributed by atoms with Crippen LogP contribution in [0.3, 0.4) is 0 Å². The fourth-order valence-corrected chi connectivity index (χ4v) is 9.38. The van der Waals surface area contributed by atoms with Gasteiger partial charge >= 0.3 is 0 Å². The highest BCUT2D eigenvalue weighted by Gasteiger charge is 2.44. The van der Waals surface area contributed by atoms with Gasteiger partial charge in [0.05, 0.1) is 0 Å². The van der Waals surface area contributed by atoms with Gasteiger partial charge in [0, 0.05) is 10.5 Å². The Balaban J connectivity index is 1.61. The average Bonchev–Trinajstić information content (AvgIpc) is 3.28. The van der Waals surface area contributed by atoms with Crippen LogP contribution in [0.2, 0.25) is 0 Å². The fraction of sp³-hybridized carbons (Fsp3) is 0.143. The summed E-state index contributed by atoms with van der Waals surface area (Å²) in [6, 6.07) is 36.2. The summed E-state index contributed by atoms with van der Waals surface area (Å²) in [6.07, 6.45) is 5.11. The van der Waals surface area contributed by atoms with Crippen molar-refractivity contribution < 1.29 is 0 Å². The molecule has 29 heavy (non-hydrogen) atoms. The van der Waals surface area contributed by atoms with Crippen LogP contribution in [0, 0.1) is 0 Å². The number of fused-ring (bicyclic) bond motifs is 6. The molecule has 2 aliphatic carbocycles. The molecule has 0 radical (unpaired) electrons. The SMILES string of the molecule is CS(C)(C1c2ccccc2-c2ccccc21)C1c2ccccc2-c2ccccc21. The minimum Gasteiger partial charge on any atom is -0.225 e. The van der Waals surface area contributed by atoms with Crippen molar-refractivity contribution in [2.75, 3.05) is 12.5 Å². The standard InChI is InChI=1S/C28H24S/c1-29(2,27-23-15-7-3-11-19(23)20-12-4-8-16-24(20)27)28-25-17-9-5-13-21(25)22-14-6-10-18-26(22)28/h3-18,27-28H,1-2H3. The Hall–Kier alpha value is -2.77. The monoisotopic (exact) mass is 392 g/mol. The molecule has 0 spiro atoms. The highest BCUT2D eigenvalue weighted by molar-refractivity contribution is 8.33. The predicted molar refractivity (Wildman–Crippen MR) is 127 cm³/mol. The molecule has 0 saturated carbocycles. The highest BCUT2D eigenvalue weighted by Crippen LogP contribution is 2.74. The maximum absolute atomic E-state index is 2.56. The zero-order valence-corrected chi connectivity index (χ0v) is 17.6. The van der Waals surface area contributed by atoms with E-state index in [1.165, 1.54) is 44.5 Å². The Bertz CT molecular complexity index is 1060. The van der Waals surface area contributed by atoms with Crippen molar-refractivity contribution in [3.05, 3.63) is 119 Å². The van der Waals surface area contributed by atoms with Crippen LogP contribution in [0.4, 0.5) is 0 Å². The van der Waals surface area contributed by atoms with E-state index in [-0.39, 0.29) is 0 Å². The van der Waals surface area contributed by atoms with E-state index in [2.05, 4.69) is 110 Å². The molecule has 0 aliphatic heterocycles. The van der Waals surface area contributed by atoms with Gasteiger partial charge in [-0.25, -0.2) is 10.0 Å². The number of hydrogen-bond acceptors (Lipinski definition) is 0. The first kappa shape index (κ1) is 17.1. The van der Waals surface area contributed by atoms with Crippen LogP contribution >= 0.6 is 10.0 Å². The molecule has 4 aromatic carbocycles. The second kappa shape index (κ2) is 6.11. The quantitative estimate of drug-likeness (QED) is 0.330. The molecule has 4 aromatic rings. The molecule has 0 unspecified atom stereocenters. The summed E-state index contributed by atoms with van der Waals surface area (Å²) < 4.78 is 0. The molecule has 0 nitrogen and oxygen atoms in total. The summed E-state index contributed by atoms with van der Waals surface area (Å²) in [7, 11) is -1.09. The first-order valence-electron chi connectivity index (χ1n) is 10.3. The zero-order chi connectivity index (χ0) is 19.6. The first-order valence-corrected chi connectivity index (χ1v) is 12.8. The van der Waals surface area contributed by atoms with Gasteiger partial charge in [0.2, 0.25) is 0 Å². The van der Waals surface area contributed by atoms with Gasteiger partial charge in [0.1, 0.15) is 0 Å². The Labute approximate surface area is 174 Å². The van der Waals surface area contributed by atoms with E-state index in [1.54, 1.807) is 0 Å². The predicted octanol–water partition coefficient (Wildman–Crippen LogP) is 7.59. The molecule has 0 fully saturated rings. The zero-order valence-electron chi connectivity index (χ0n) is 16.8. The van der Waals surface area contributed by atoms with Crippen LogP contribution in [-0.2, 0) is 0 Å². The van der Waals surface area contributed by atoms with E-state index >= 15 is 0 Å². The van der Waals surface area contributed by atoms with Crippen LogP contribution in [-0.4, -0.2) is 12.5 Å². The minimum absolute atomic E-state index is 0.458. The van der Waals surface area contributed by atoms with Crippen LogP contribution in [0.1, 0.15) is 32.8 Å². The van der Waals surface area contributed by atoms with Crippen molar-refractivity contribution in [2.24, 2.45) is 0 Å².